The predicted molar refractivity (Wildman–Crippen MR) is 82.6 cm³/mol. The second-order valence-electron chi connectivity index (χ2n) is 5.07. The molecule has 110 valence electrons. The van der Waals surface area contributed by atoms with E-state index >= 15 is 0 Å². The van der Waals surface area contributed by atoms with Crippen LogP contribution in [0.3, 0.4) is 0 Å². The van der Waals surface area contributed by atoms with Crippen LogP contribution >= 0.6 is 0 Å². The molecule has 0 aromatic rings. The number of rotatable bonds is 14. The van der Waals surface area contributed by atoms with Crippen molar-refractivity contribution in [2.75, 3.05) is 13.4 Å². The first-order valence-electron chi connectivity index (χ1n) is 8.04. The quantitative estimate of drug-likeness (QED) is 0.255. The van der Waals surface area contributed by atoms with Crippen molar-refractivity contribution in [2.45, 2.75) is 84.2 Å². The van der Waals surface area contributed by atoms with Gasteiger partial charge in [0, 0.05) is 6.61 Å². The van der Waals surface area contributed by atoms with Crippen molar-refractivity contribution < 1.29 is 9.16 Å². The van der Waals surface area contributed by atoms with Gasteiger partial charge in [0.1, 0.15) is 6.79 Å². The molecule has 0 N–H and O–H groups in total. The SMILES string of the molecule is CCCCCCCCCC[SiH](CC)OCOCC. The molecule has 0 spiro atoms. The first kappa shape index (κ1) is 18.1. The highest BCUT2D eigenvalue weighted by molar-refractivity contribution is 6.51. The van der Waals surface area contributed by atoms with Gasteiger partial charge in [0.2, 0.25) is 0 Å². The van der Waals surface area contributed by atoms with Gasteiger partial charge in [-0.2, -0.15) is 0 Å². The topological polar surface area (TPSA) is 18.5 Å². The molecule has 0 aliphatic rings. The molecule has 0 rings (SSSR count). The lowest BCUT2D eigenvalue weighted by Crippen LogP contribution is -2.18. The van der Waals surface area contributed by atoms with Gasteiger partial charge in [-0.3, -0.25) is 0 Å². The van der Waals surface area contributed by atoms with Crippen LogP contribution in [0.4, 0.5) is 0 Å². The van der Waals surface area contributed by atoms with Gasteiger partial charge in [-0.05, 0) is 19.0 Å². The summed E-state index contributed by atoms with van der Waals surface area (Å²) in [6.07, 6.45) is 11.2. The van der Waals surface area contributed by atoms with Crippen LogP contribution in [0.2, 0.25) is 12.1 Å². The molecule has 0 bridgehead atoms. The lowest BCUT2D eigenvalue weighted by Gasteiger charge is -2.14. The summed E-state index contributed by atoms with van der Waals surface area (Å²) in [5, 5.41) is 0. The number of ether oxygens (including phenoxy) is 1. The summed E-state index contributed by atoms with van der Waals surface area (Å²) in [6, 6.07) is 2.57. The van der Waals surface area contributed by atoms with Gasteiger partial charge in [0.25, 0.3) is 0 Å². The number of hydrogen-bond donors (Lipinski definition) is 0. The summed E-state index contributed by atoms with van der Waals surface area (Å²) in [6.45, 7) is 7.84. The minimum Gasteiger partial charge on any atom is -0.398 e. The van der Waals surface area contributed by atoms with Crippen LogP contribution < -0.4 is 0 Å². The summed E-state index contributed by atoms with van der Waals surface area (Å²) in [5.41, 5.74) is 0. The van der Waals surface area contributed by atoms with Crippen molar-refractivity contribution in [3.05, 3.63) is 0 Å². The van der Waals surface area contributed by atoms with Crippen molar-refractivity contribution in [3.8, 4) is 0 Å². The Labute approximate surface area is 116 Å². The van der Waals surface area contributed by atoms with E-state index in [1.165, 1.54) is 63.5 Å². The molecule has 0 aliphatic carbocycles. The zero-order valence-corrected chi connectivity index (χ0v) is 14.0. The molecule has 3 heteroatoms. The molecule has 0 saturated heterocycles. The van der Waals surface area contributed by atoms with Crippen LogP contribution in [0, 0.1) is 0 Å². The molecule has 18 heavy (non-hydrogen) atoms. The first-order chi connectivity index (χ1) is 8.85. The summed E-state index contributed by atoms with van der Waals surface area (Å²) >= 11 is 0. The molecular formula is C15H34O2Si. The second kappa shape index (κ2) is 15.2. The summed E-state index contributed by atoms with van der Waals surface area (Å²) in [4.78, 5) is 0. The highest BCUT2D eigenvalue weighted by atomic mass is 28.3. The molecule has 0 aliphatic heterocycles. The summed E-state index contributed by atoms with van der Waals surface area (Å²) < 4.78 is 11.1. The van der Waals surface area contributed by atoms with E-state index in [1.54, 1.807) is 0 Å². The van der Waals surface area contributed by atoms with Gasteiger partial charge < -0.3 is 9.16 Å². The molecule has 0 fully saturated rings. The average molecular weight is 275 g/mol. The summed E-state index contributed by atoms with van der Waals surface area (Å²) in [7, 11) is -0.940. The van der Waals surface area contributed by atoms with E-state index < -0.39 is 9.04 Å². The molecule has 0 aromatic carbocycles. The Morgan fingerprint density at radius 3 is 1.94 bits per heavy atom. The standard InChI is InChI=1S/C15H34O2Si/c1-4-7-8-9-10-11-12-13-14-18(6-3)17-15-16-5-2/h18H,4-15H2,1-3H3. The Morgan fingerprint density at radius 2 is 1.39 bits per heavy atom. The highest BCUT2D eigenvalue weighted by Crippen LogP contribution is 2.12. The van der Waals surface area contributed by atoms with E-state index in [0.717, 1.165) is 6.61 Å². The van der Waals surface area contributed by atoms with E-state index in [1.807, 2.05) is 6.92 Å². The summed E-state index contributed by atoms with van der Waals surface area (Å²) in [5.74, 6) is 0. The molecule has 2 nitrogen and oxygen atoms in total. The van der Waals surface area contributed by atoms with Crippen LogP contribution in [0.1, 0.15) is 72.1 Å². The highest BCUT2D eigenvalue weighted by Gasteiger charge is 2.08. The maximum Gasteiger partial charge on any atom is 0.179 e. The van der Waals surface area contributed by atoms with Crippen LogP contribution in [0.25, 0.3) is 0 Å². The first-order valence-corrected chi connectivity index (χ1v) is 10.1. The van der Waals surface area contributed by atoms with Gasteiger partial charge >= 0.3 is 0 Å². The fourth-order valence-electron chi connectivity index (χ4n) is 2.14. The Hall–Kier alpha value is 0.137. The van der Waals surface area contributed by atoms with Crippen molar-refractivity contribution in [1.29, 1.82) is 0 Å². The molecule has 0 amide bonds. The molecular weight excluding hydrogens is 240 g/mol. The Bertz CT molecular complexity index is 153. The van der Waals surface area contributed by atoms with Crippen LogP contribution in [0.5, 0.6) is 0 Å². The molecule has 0 radical (unpaired) electrons. The lowest BCUT2D eigenvalue weighted by molar-refractivity contribution is 0.0199. The lowest BCUT2D eigenvalue weighted by atomic mass is 10.1. The van der Waals surface area contributed by atoms with Gasteiger partial charge in [0.05, 0.1) is 0 Å². The van der Waals surface area contributed by atoms with Crippen molar-refractivity contribution in [3.63, 3.8) is 0 Å². The maximum atomic E-state index is 5.81. The van der Waals surface area contributed by atoms with Crippen molar-refractivity contribution in [1.82, 2.24) is 0 Å². The van der Waals surface area contributed by atoms with E-state index in [-0.39, 0.29) is 0 Å². The third-order valence-corrected chi connectivity index (χ3v) is 6.00. The Balaban J connectivity index is 3.23. The molecule has 1 unspecified atom stereocenters. The Kier molecular flexibility index (Phi) is 15.3. The van der Waals surface area contributed by atoms with E-state index in [4.69, 9.17) is 9.16 Å². The maximum absolute atomic E-state index is 5.81. The number of unbranched alkanes of at least 4 members (excludes halogenated alkanes) is 7. The predicted octanol–water partition coefficient (Wildman–Crippen LogP) is 4.88. The average Bonchev–Trinajstić information content (AvgIpc) is 2.40. The van der Waals surface area contributed by atoms with Crippen LogP contribution in [0.15, 0.2) is 0 Å². The normalized spacial score (nSPS) is 12.8. The molecule has 0 heterocycles. The smallest absolute Gasteiger partial charge is 0.179 e. The fourth-order valence-corrected chi connectivity index (χ4v) is 3.98. The minimum atomic E-state index is -0.940. The largest absolute Gasteiger partial charge is 0.398 e. The monoisotopic (exact) mass is 274 g/mol. The van der Waals surface area contributed by atoms with E-state index in [0.29, 0.717) is 6.79 Å². The molecule has 0 saturated carbocycles. The van der Waals surface area contributed by atoms with Gasteiger partial charge in [0.15, 0.2) is 9.04 Å². The zero-order valence-electron chi connectivity index (χ0n) is 12.9. The van der Waals surface area contributed by atoms with E-state index in [9.17, 15) is 0 Å². The minimum absolute atomic E-state index is 0.526. The Morgan fingerprint density at radius 1 is 0.778 bits per heavy atom. The molecule has 0 aromatic heterocycles. The van der Waals surface area contributed by atoms with Crippen LogP contribution in [-0.4, -0.2) is 22.4 Å². The second-order valence-corrected chi connectivity index (χ2v) is 8.04. The fraction of sp³-hybridized carbons (Fsp3) is 1.00. The van der Waals surface area contributed by atoms with Crippen LogP contribution in [-0.2, 0) is 9.16 Å². The molecule has 1 atom stereocenters. The van der Waals surface area contributed by atoms with Gasteiger partial charge in [-0.25, -0.2) is 0 Å². The van der Waals surface area contributed by atoms with Crippen molar-refractivity contribution >= 4 is 9.04 Å². The zero-order chi connectivity index (χ0) is 13.5. The number of hydrogen-bond acceptors (Lipinski definition) is 2. The third-order valence-electron chi connectivity index (χ3n) is 3.43. The third kappa shape index (κ3) is 12.6. The van der Waals surface area contributed by atoms with Gasteiger partial charge in [-0.15, -0.1) is 0 Å². The van der Waals surface area contributed by atoms with Gasteiger partial charge in [-0.1, -0.05) is 65.2 Å². The van der Waals surface area contributed by atoms with Crippen molar-refractivity contribution in [2.24, 2.45) is 0 Å². The van der Waals surface area contributed by atoms with E-state index in [2.05, 4.69) is 13.8 Å².